The first-order valence-corrected chi connectivity index (χ1v) is 16.2. The van der Waals surface area contributed by atoms with Gasteiger partial charge in [-0.2, -0.15) is 0 Å². The number of carbonyl (C=O) groups is 4. The van der Waals surface area contributed by atoms with Crippen LogP contribution < -0.4 is 5.32 Å². The third kappa shape index (κ3) is 4.78. The molecule has 9 atom stereocenters. The summed E-state index contributed by atoms with van der Waals surface area (Å²) in [4.78, 5) is 51.7. The molecule has 0 radical (unpaired) electrons. The number of allylic oxidation sites excluding steroid dienone is 4. The number of halogens is 1. The Morgan fingerprint density at radius 2 is 1.83 bits per heavy atom. The summed E-state index contributed by atoms with van der Waals surface area (Å²) in [5.74, 6) is -3.74. The van der Waals surface area contributed by atoms with Gasteiger partial charge in [-0.15, -0.1) is 0 Å². The molecule has 0 bridgehead atoms. The first kappa shape index (κ1) is 32.9. The van der Waals surface area contributed by atoms with Crippen LogP contribution in [0.2, 0.25) is 0 Å². The minimum Gasteiger partial charge on any atom is -0.390 e. The Balaban J connectivity index is 1.18. The number of Topliss-reactive ketones (excluding diaryl/α,β-unsaturated/α-hetero) is 2. The van der Waals surface area contributed by atoms with E-state index in [4.69, 9.17) is 14.2 Å². The van der Waals surface area contributed by atoms with Gasteiger partial charge in [-0.25, -0.2) is 4.39 Å². The van der Waals surface area contributed by atoms with Crippen LogP contribution in [-0.2, 0) is 28.6 Å². The van der Waals surface area contributed by atoms with Crippen molar-refractivity contribution in [1.29, 1.82) is 0 Å². The van der Waals surface area contributed by atoms with Gasteiger partial charge in [0.25, 0.3) is 5.91 Å². The first-order chi connectivity index (χ1) is 21.6. The van der Waals surface area contributed by atoms with Crippen LogP contribution in [0.3, 0.4) is 0 Å². The molecule has 248 valence electrons. The van der Waals surface area contributed by atoms with Gasteiger partial charge in [0.2, 0.25) is 0 Å². The van der Waals surface area contributed by atoms with Crippen LogP contribution in [0.15, 0.2) is 54.1 Å². The maximum absolute atomic E-state index is 17.6. The number of alkyl halides is 1. The summed E-state index contributed by atoms with van der Waals surface area (Å²) >= 11 is 0. The highest BCUT2D eigenvalue weighted by molar-refractivity contribution is 5.95. The monoisotopic (exact) mass is 637 g/mol. The largest absolute Gasteiger partial charge is 0.390 e. The van der Waals surface area contributed by atoms with Gasteiger partial charge in [0, 0.05) is 41.2 Å². The fourth-order valence-electron chi connectivity index (χ4n) is 9.26. The van der Waals surface area contributed by atoms with Crippen LogP contribution in [0.1, 0.15) is 70.7 Å². The summed E-state index contributed by atoms with van der Waals surface area (Å²) in [5, 5.41) is 14.5. The molecule has 4 aliphatic carbocycles. The van der Waals surface area contributed by atoms with Crippen molar-refractivity contribution in [2.45, 2.75) is 89.6 Å². The van der Waals surface area contributed by atoms with Crippen LogP contribution >= 0.6 is 0 Å². The number of ether oxygens (including phenoxy) is 3. The molecule has 3 fully saturated rings. The molecule has 1 aromatic rings. The molecule has 1 heterocycles. The van der Waals surface area contributed by atoms with E-state index < -0.39 is 64.3 Å². The highest BCUT2D eigenvalue weighted by atomic mass is 19.1. The van der Waals surface area contributed by atoms with E-state index in [1.54, 1.807) is 58.0 Å². The molecule has 46 heavy (non-hydrogen) atoms. The van der Waals surface area contributed by atoms with Crippen LogP contribution in [0.25, 0.3) is 0 Å². The van der Waals surface area contributed by atoms with Crippen molar-refractivity contribution in [2.75, 3.05) is 19.8 Å². The minimum absolute atomic E-state index is 0.0475. The maximum atomic E-state index is 17.6. The molecule has 1 amide bonds. The smallest absolute Gasteiger partial charge is 0.251 e. The molecule has 1 saturated heterocycles. The number of fused-ring (bicyclic) bond motifs is 7. The molecular weight excluding hydrogens is 593 g/mol. The average Bonchev–Trinajstić information content (AvgIpc) is 3.42. The fraction of sp³-hybridized carbons (Fsp3) is 0.611. The second kappa shape index (κ2) is 11.3. The molecule has 0 spiro atoms. The van der Waals surface area contributed by atoms with E-state index in [9.17, 15) is 24.3 Å². The van der Waals surface area contributed by atoms with Crippen molar-refractivity contribution < 1.29 is 42.9 Å². The summed E-state index contributed by atoms with van der Waals surface area (Å²) in [6, 6.07) is 8.69. The lowest BCUT2D eigenvalue weighted by molar-refractivity contribution is -0.243. The Morgan fingerprint density at radius 1 is 1.11 bits per heavy atom. The van der Waals surface area contributed by atoms with E-state index in [2.05, 4.69) is 5.32 Å². The Bertz CT molecular complexity index is 1510. The van der Waals surface area contributed by atoms with Gasteiger partial charge in [0.1, 0.15) is 13.2 Å². The van der Waals surface area contributed by atoms with Gasteiger partial charge < -0.3 is 24.6 Å². The lowest BCUT2D eigenvalue weighted by Crippen LogP contribution is -2.69. The predicted octanol–water partition coefficient (Wildman–Crippen LogP) is 4.08. The maximum Gasteiger partial charge on any atom is 0.251 e. The summed E-state index contributed by atoms with van der Waals surface area (Å²) in [6.07, 6.45) is 3.58. The molecule has 1 unspecified atom stereocenters. The number of hydrogen-bond donors (Lipinski definition) is 2. The Kier molecular flexibility index (Phi) is 8.07. The Labute approximate surface area is 268 Å². The van der Waals surface area contributed by atoms with Crippen molar-refractivity contribution in [3.05, 3.63) is 59.7 Å². The summed E-state index contributed by atoms with van der Waals surface area (Å²) in [5.41, 5.74) is -4.55. The normalized spacial score (nSPS) is 39.4. The van der Waals surface area contributed by atoms with Gasteiger partial charge in [-0.05, 0) is 64.2 Å². The molecule has 10 heteroatoms. The second-order valence-corrected chi connectivity index (χ2v) is 14.7. The fourth-order valence-corrected chi connectivity index (χ4v) is 9.26. The number of aliphatic hydroxyl groups excluding tert-OH is 1. The Hall–Kier alpha value is -3.05. The van der Waals surface area contributed by atoms with E-state index in [0.717, 1.165) is 0 Å². The molecule has 2 N–H and O–H groups in total. The van der Waals surface area contributed by atoms with Gasteiger partial charge in [-0.3, -0.25) is 19.2 Å². The number of nitrogens with one attached hydrogen (secondary N) is 1. The van der Waals surface area contributed by atoms with Gasteiger partial charge in [0.05, 0.1) is 12.2 Å². The van der Waals surface area contributed by atoms with Gasteiger partial charge >= 0.3 is 0 Å². The zero-order chi connectivity index (χ0) is 33.3. The quantitative estimate of drug-likeness (QED) is 0.388. The topological polar surface area (TPSA) is 128 Å². The zero-order valence-electron chi connectivity index (χ0n) is 27.1. The molecule has 5 aliphatic rings. The molecular formula is C36H44FNO8. The van der Waals surface area contributed by atoms with E-state index >= 15 is 4.39 Å². The number of rotatable bonds is 9. The second-order valence-electron chi connectivity index (χ2n) is 14.7. The predicted molar refractivity (Wildman–Crippen MR) is 165 cm³/mol. The lowest BCUT2D eigenvalue weighted by Gasteiger charge is -2.62. The van der Waals surface area contributed by atoms with Crippen molar-refractivity contribution in [2.24, 2.45) is 28.6 Å². The number of amides is 1. The summed E-state index contributed by atoms with van der Waals surface area (Å²) < 4.78 is 36.1. The summed E-state index contributed by atoms with van der Waals surface area (Å²) in [6.45, 7) is 8.13. The molecule has 0 aromatic heterocycles. The standard InChI is InChI=1S/C36H44FNO8/c1-21(18-38-31(43)22-9-7-6-8-10-22)27(40)19-44-20-29(42)36-30(45-32(2,3)46-36)16-26-25-12-11-23-15-24(39)13-14-33(23,4)35(25,37)28(41)17-34(26,36)5/h6-11,13-14,21,25-26,28,30,41H,12,15-20H2,1-5H3,(H,38,43)/t21?,25-,26-,28-,30+,33-,34-,35-,36+/m0/s1. The Morgan fingerprint density at radius 3 is 2.54 bits per heavy atom. The van der Waals surface area contributed by atoms with Gasteiger partial charge in [0.15, 0.2) is 34.4 Å². The number of ketones is 3. The van der Waals surface area contributed by atoms with E-state index in [-0.39, 0.29) is 49.4 Å². The van der Waals surface area contributed by atoms with Crippen molar-refractivity contribution in [3.63, 3.8) is 0 Å². The van der Waals surface area contributed by atoms with Crippen molar-refractivity contribution >= 4 is 23.3 Å². The van der Waals surface area contributed by atoms with E-state index in [1.165, 1.54) is 6.08 Å². The van der Waals surface area contributed by atoms with E-state index in [0.29, 0.717) is 24.0 Å². The van der Waals surface area contributed by atoms with Crippen LogP contribution in [0.4, 0.5) is 4.39 Å². The number of carbonyl (C=O) groups excluding carboxylic acids is 4. The van der Waals surface area contributed by atoms with Crippen LogP contribution in [0.5, 0.6) is 0 Å². The number of benzene rings is 1. The van der Waals surface area contributed by atoms with Crippen LogP contribution in [-0.4, -0.2) is 77.4 Å². The molecule has 9 nitrogen and oxygen atoms in total. The van der Waals surface area contributed by atoms with Gasteiger partial charge in [-0.1, -0.05) is 49.8 Å². The molecule has 1 aromatic carbocycles. The SMILES string of the molecule is CC(CNC(=O)c1ccccc1)C(=O)COCC(=O)[C@@]12OC(C)(C)O[C@@H]1C[C@H]1[C@@H]3CC=C4CC(=O)C=C[C@]4(C)[C@@]3(F)[C@@H](O)C[C@@]12C. The minimum atomic E-state index is -2.05. The highest BCUT2D eigenvalue weighted by Crippen LogP contribution is 2.71. The first-order valence-electron chi connectivity index (χ1n) is 16.2. The summed E-state index contributed by atoms with van der Waals surface area (Å²) in [7, 11) is 0. The molecule has 1 aliphatic heterocycles. The molecule has 6 rings (SSSR count). The number of hydrogen-bond acceptors (Lipinski definition) is 8. The van der Waals surface area contributed by atoms with Crippen LogP contribution in [0, 0.1) is 28.6 Å². The zero-order valence-corrected chi connectivity index (χ0v) is 27.1. The third-order valence-electron chi connectivity index (χ3n) is 11.6. The number of aliphatic hydroxyl groups is 1. The van der Waals surface area contributed by atoms with Crippen molar-refractivity contribution in [1.82, 2.24) is 5.32 Å². The van der Waals surface area contributed by atoms with E-state index in [1.807, 2.05) is 19.1 Å². The third-order valence-corrected chi connectivity index (χ3v) is 11.6. The highest BCUT2D eigenvalue weighted by Gasteiger charge is 2.79. The average molecular weight is 638 g/mol. The lowest BCUT2D eigenvalue weighted by atomic mass is 9.45. The molecule has 2 saturated carbocycles. The van der Waals surface area contributed by atoms with Crippen molar-refractivity contribution in [3.8, 4) is 0 Å².